The Morgan fingerprint density at radius 1 is 1.47 bits per heavy atom. The Balaban J connectivity index is 2.14. The summed E-state index contributed by atoms with van der Waals surface area (Å²) in [5, 5.41) is 3.84. The summed E-state index contributed by atoms with van der Waals surface area (Å²) >= 11 is 4.83. The molecule has 78 valence electrons. The number of nitrogens with one attached hydrogen (secondary N) is 1. The van der Waals surface area contributed by atoms with Crippen molar-refractivity contribution in [2.75, 3.05) is 12.4 Å². The summed E-state index contributed by atoms with van der Waals surface area (Å²) in [7, 11) is 1.85. The second-order valence-electron chi connectivity index (χ2n) is 3.07. The highest BCUT2D eigenvalue weighted by Crippen LogP contribution is 2.16. The summed E-state index contributed by atoms with van der Waals surface area (Å²) in [6.45, 7) is 0. The van der Waals surface area contributed by atoms with Gasteiger partial charge in [0.1, 0.15) is 5.82 Å². The molecule has 0 fully saturated rings. The van der Waals surface area contributed by atoms with Crippen molar-refractivity contribution >= 4 is 32.6 Å². The Kier molecular flexibility index (Phi) is 3.33. The monoisotopic (exact) mass is 283 g/mol. The molecule has 3 nitrogen and oxygen atoms in total. The highest BCUT2D eigenvalue weighted by Gasteiger charge is 2.03. The van der Waals surface area contributed by atoms with Crippen LogP contribution in [0.3, 0.4) is 0 Å². The molecule has 0 saturated carbocycles. The maximum atomic E-state index is 4.33. The van der Waals surface area contributed by atoms with Crippen LogP contribution >= 0.6 is 27.5 Å². The minimum atomic E-state index is 0.775. The van der Waals surface area contributed by atoms with Crippen molar-refractivity contribution in [3.63, 3.8) is 0 Å². The minimum absolute atomic E-state index is 0.775. The second-order valence-corrected chi connectivity index (χ2v) is 4.74. The van der Waals surface area contributed by atoms with Crippen LogP contribution in [-0.2, 0) is 6.42 Å². The topological polar surface area (TPSA) is 37.8 Å². The maximum absolute atomic E-state index is 4.33. The van der Waals surface area contributed by atoms with E-state index in [1.165, 1.54) is 17.1 Å². The molecule has 1 aromatic heterocycles. The average Bonchev–Trinajstić information content (AvgIpc) is 2.65. The van der Waals surface area contributed by atoms with Crippen molar-refractivity contribution in [2.45, 2.75) is 6.42 Å². The summed E-state index contributed by atoms with van der Waals surface area (Å²) < 4.78 is 5.35. The SMILES string of the molecule is CNc1nc(Cc2cccc(Br)c2)ns1. The van der Waals surface area contributed by atoms with E-state index in [2.05, 4.69) is 42.7 Å². The predicted octanol–water partition coefficient (Wildman–Crippen LogP) is 2.93. The number of rotatable bonds is 3. The highest BCUT2D eigenvalue weighted by molar-refractivity contribution is 9.10. The molecular formula is C10H10BrN3S. The first-order chi connectivity index (χ1) is 7.28. The number of aromatic nitrogens is 2. The Hall–Kier alpha value is -0.940. The van der Waals surface area contributed by atoms with Gasteiger partial charge in [-0.25, -0.2) is 4.98 Å². The first kappa shape index (κ1) is 10.6. The van der Waals surface area contributed by atoms with Gasteiger partial charge in [-0.2, -0.15) is 4.37 Å². The predicted molar refractivity (Wildman–Crippen MR) is 66.4 cm³/mol. The maximum Gasteiger partial charge on any atom is 0.202 e. The molecular weight excluding hydrogens is 274 g/mol. The lowest BCUT2D eigenvalue weighted by Crippen LogP contribution is -1.92. The van der Waals surface area contributed by atoms with Crippen molar-refractivity contribution in [2.24, 2.45) is 0 Å². The van der Waals surface area contributed by atoms with Gasteiger partial charge in [0.25, 0.3) is 0 Å². The molecule has 0 atom stereocenters. The fraction of sp³-hybridized carbons (Fsp3) is 0.200. The van der Waals surface area contributed by atoms with Gasteiger partial charge in [0.2, 0.25) is 5.13 Å². The molecule has 1 heterocycles. The van der Waals surface area contributed by atoms with E-state index < -0.39 is 0 Å². The van der Waals surface area contributed by atoms with Crippen LogP contribution in [0.1, 0.15) is 11.4 Å². The summed E-state index contributed by atoms with van der Waals surface area (Å²) in [5.74, 6) is 0.863. The van der Waals surface area contributed by atoms with Crippen molar-refractivity contribution in [1.29, 1.82) is 0 Å². The van der Waals surface area contributed by atoms with E-state index in [0.717, 1.165) is 21.8 Å². The van der Waals surface area contributed by atoms with Crippen LogP contribution in [0.15, 0.2) is 28.7 Å². The number of benzene rings is 1. The van der Waals surface area contributed by atoms with Gasteiger partial charge in [0.15, 0.2) is 0 Å². The smallest absolute Gasteiger partial charge is 0.202 e. The molecule has 0 saturated heterocycles. The molecule has 0 aliphatic rings. The van der Waals surface area contributed by atoms with E-state index in [-0.39, 0.29) is 0 Å². The highest BCUT2D eigenvalue weighted by atomic mass is 79.9. The van der Waals surface area contributed by atoms with E-state index in [0.29, 0.717) is 0 Å². The lowest BCUT2D eigenvalue weighted by atomic mass is 10.1. The fourth-order valence-electron chi connectivity index (χ4n) is 1.26. The van der Waals surface area contributed by atoms with Crippen molar-refractivity contribution in [3.8, 4) is 0 Å². The molecule has 1 N–H and O–H groups in total. The molecule has 2 aromatic rings. The molecule has 0 aliphatic heterocycles. The summed E-state index contributed by atoms with van der Waals surface area (Å²) in [4.78, 5) is 4.33. The van der Waals surface area contributed by atoms with Crippen molar-refractivity contribution in [1.82, 2.24) is 9.36 Å². The van der Waals surface area contributed by atoms with E-state index >= 15 is 0 Å². The van der Waals surface area contributed by atoms with Crippen LogP contribution in [0.5, 0.6) is 0 Å². The van der Waals surface area contributed by atoms with Gasteiger partial charge >= 0.3 is 0 Å². The first-order valence-corrected chi connectivity index (χ1v) is 6.09. The zero-order chi connectivity index (χ0) is 10.7. The summed E-state index contributed by atoms with van der Waals surface area (Å²) in [5.41, 5.74) is 1.21. The van der Waals surface area contributed by atoms with Gasteiger partial charge in [0.05, 0.1) is 0 Å². The Labute approximate surface area is 101 Å². The molecule has 0 bridgehead atoms. The largest absolute Gasteiger partial charge is 0.363 e. The van der Waals surface area contributed by atoms with Gasteiger partial charge < -0.3 is 5.32 Å². The molecule has 5 heteroatoms. The van der Waals surface area contributed by atoms with E-state index in [1.54, 1.807) is 0 Å². The number of anilines is 1. The van der Waals surface area contributed by atoms with Crippen molar-refractivity contribution < 1.29 is 0 Å². The zero-order valence-electron chi connectivity index (χ0n) is 8.20. The lowest BCUT2D eigenvalue weighted by Gasteiger charge is -1.97. The molecule has 0 radical (unpaired) electrons. The zero-order valence-corrected chi connectivity index (χ0v) is 10.6. The Morgan fingerprint density at radius 3 is 3.00 bits per heavy atom. The van der Waals surface area contributed by atoms with Gasteiger partial charge in [0, 0.05) is 29.5 Å². The minimum Gasteiger partial charge on any atom is -0.363 e. The molecule has 0 unspecified atom stereocenters. The number of hydrogen-bond acceptors (Lipinski definition) is 4. The van der Waals surface area contributed by atoms with Gasteiger partial charge in [-0.3, -0.25) is 0 Å². The normalized spacial score (nSPS) is 10.3. The molecule has 0 amide bonds. The lowest BCUT2D eigenvalue weighted by molar-refractivity contribution is 1.04. The van der Waals surface area contributed by atoms with E-state index in [1.807, 2.05) is 19.2 Å². The number of hydrogen-bond donors (Lipinski definition) is 1. The second kappa shape index (κ2) is 4.72. The molecule has 15 heavy (non-hydrogen) atoms. The molecule has 0 aliphatic carbocycles. The van der Waals surface area contributed by atoms with Crippen LogP contribution in [0.25, 0.3) is 0 Å². The van der Waals surface area contributed by atoms with Crippen LogP contribution in [0, 0.1) is 0 Å². The van der Waals surface area contributed by atoms with Crippen LogP contribution in [-0.4, -0.2) is 16.4 Å². The van der Waals surface area contributed by atoms with Crippen molar-refractivity contribution in [3.05, 3.63) is 40.1 Å². The fourth-order valence-corrected chi connectivity index (χ4v) is 2.24. The molecule has 2 rings (SSSR count). The third-order valence-electron chi connectivity index (χ3n) is 1.93. The van der Waals surface area contributed by atoms with Gasteiger partial charge in [-0.05, 0) is 17.7 Å². The quantitative estimate of drug-likeness (QED) is 0.941. The number of nitrogens with zero attached hydrogens (tertiary/aromatic N) is 2. The van der Waals surface area contributed by atoms with E-state index in [9.17, 15) is 0 Å². The van der Waals surface area contributed by atoms with Crippen LogP contribution in [0.2, 0.25) is 0 Å². The van der Waals surface area contributed by atoms with Gasteiger partial charge in [-0.1, -0.05) is 28.1 Å². The third-order valence-corrected chi connectivity index (χ3v) is 3.20. The molecule has 1 aromatic carbocycles. The average molecular weight is 284 g/mol. The third kappa shape index (κ3) is 2.76. The Bertz CT molecular complexity index is 455. The van der Waals surface area contributed by atoms with E-state index in [4.69, 9.17) is 0 Å². The summed E-state index contributed by atoms with van der Waals surface area (Å²) in [6.07, 6.45) is 0.775. The number of halogens is 1. The van der Waals surface area contributed by atoms with Gasteiger partial charge in [-0.15, -0.1) is 0 Å². The summed E-state index contributed by atoms with van der Waals surface area (Å²) in [6, 6.07) is 8.19. The van der Waals surface area contributed by atoms with Crippen LogP contribution in [0.4, 0.5) is 5.13 Å². The van der Waals surface area contributed by atoms with Crippen LogP contribution < -0.4 is 5.32 Å². The first-order valence-electron chi connectivity index (χ1n) is 4.52. The molecule has 0 spiro atoms. The standard InChI is InChI=1S/C10H10BrN3S/c1-12-10-13-9(14-15-10)6-7-3-2-4-8(11)5-7/h2-5H,6H2,1H3,(H,12,13,14). The Morgan fingerprint density at radius 2 is 2.33 bits per heavy atom.